The number of hydrogen-bond acceptors (Lipinski definition) is 6. The van der Waals surface area contributed by atoms with E-state index in [-0.39, 0.29) is 12.3 Å². The Morgan fingerprint density at radius 3 is 2.14 bits per heavy atom. The normalized spacial score (nSPS) is 20.9. The van der Waals surface area contributed by atoms with E-state index in [2.05, 4.69) is 16.7 Å². The lowest BCUT2D eigenvalue weighted by Crippen LogP contribution is -2.51. The predicted molar refractivity (Wildman–Crippen MR) is 107 cm³/mol. The van der Waals surface area contributed by atoms with Crippen molar-refractivity contribution in [3.8, 4) is 0 Å². The molecule has 2 saturated heterocycles. The summed E-state index contributed by atoms with van der Waals surface area (Å²) >= 11 is 0. The first-order valence-corrected chi connectivity index (χ1v) is 11.6. The van der Waals surface area contributed by atoms with E-state index in [1.165, 1.54) is 11.2 Å². The quantitative estimate of drug-likeness (QED) is 0.789. The second-order valence-corrected chi connectivity index (χ2v) is 9.51. The Kier molecular flexibility index (Phi) is 6.47. The van der Waals surface area contributed by atoms with Crippen LogP contribution in [0.4, 0.5) is 10.5 Å². The lowest BCUT2D eigenvalue weighted by atomic mass is 10.1. The van der Waals surface area contributed by atoms with Gasteiger partial charge in [0.05, 0.1) is 11.0 Å². The molecule has 1 atom stereocenters. The number of piperidine rings is 1. The van der Waals surface area contributed by atoms with Crippen LogP contribution in [0.15, 0.2) is 29.2 Å². The molecule has 9 heteroatoms. The van der Waals surface area contributed by atoms with Gasteiger partial charge < -0.3 is 19.6 Å². The zero-order valence-electron chi connectivity index (χ0n) is 16.5. The molecule has 8 nitrogen and oxygen atoms in total. The monoisotopic (exact) mass is 411 g/mol. The van der Waals surface area contributed by atoms with E-state index >= 15 is 0 Å². The van der Waals surface area contributed by atoms with Crippen LogP contribution in [-0.4, -0.2) is 87.3 Å². The highest BCUT2D eigenvalue weighted by Crippen LogP contribution is 2.22. The number of sulfone groups is 1. The van der Waals surface area contributed by atoms with Crippen LogP contribution in [0.1, 0.15) is 19.8 Å². The largest absolute Gasteiger partial charge is 0.465 e. The van der Waals surface area contributed by atoms with E-state index < -0.39 is 15.9 Å². The van der Waals surface area contributed by atoms with Crippen LogP contribution in [0.25, 0.3) is 0 Å². The van der Waals surface area contributed by atoms with Gasteiger partial charge in [0.15, 0.2) is 9.84 Å². The third kappa shape index (κ3) is 5.15. The minimum atomic E-state index is -3.17. The Morgan fingerprint density at radius 1 is 1.07 bits per heavy atom. The first-order chi connectivity index (χ1) is 13.2. The summed E-state index contributed by atoms with van der Waals surface area (Å²) in [6, 6.07) is 7.04. The molecule has 3 rings (SSSR count). The van der Waals surface area contributed by atoms with E-state index in [1.54, 1.807) is 12.1 Å². The van der Waals surface area contributed by atoms with Crippen LogP contribution in [0, 0.1) is 0 Å². The zero-order valence-corrected chi connectivity index (χ0v) is 17.3. The standard InChI is InChI=1S/C19H29N3O5S/c1-15(27-17-7-9-22(10-8-17)19(23)24)20-11-13-21(14-12-20)16-3-5-18(6-4-16)28(2,25)26/h3-6,15,17H,7-14H2,1-2H3,(H,23,24). The maximum atomic E-state index is 11.6. The molecular weight excluding hydrogens is 382 g/mol. The average molecular weight is 412 g/mol. The van der Waals surface area contributed by atoms with Gasteiger partial charge in [0.1, 0.15) is 6.23 Å². The zero-order chi connectivity index (χ0) is 20.3. The second-order valence-electron chi connectivity index (χ2n) is 7.49. The lowest BCUT2D eigenvalue weighted by Gasteiger charge is -2.40. The van der Waals surface area contributed by atoms with Gasteiger partial charge in [-0.2, -0.15) is 0 Å². The van der Waals surface area contributed by atoms with Gasteiger partial charge in [0.2, 0.25) is 0 Å². The number of amides is 1. The third-order valence-electron chi connectivity index (χ3n) is 5.56. The molecule has 2 aliphatic heterocycles. The average Bonchev–Trinajstić information content (AvgIpc) is 2.68. The number of carbonyl (C=O) groups is 1. The van der Waals surface area contributed by atoms with Crippen molar-refractivity contribution in [3.05, 3.63) is 24.3 Å². The first kappa shape index (κ1) is 20.9. The topological polar surface area (TPSA) is 90.4 Å². The molecule has 0 bridgehead atoms. The number of anilines is 1. The molecule has 156 valence electrons. The summed E-state index contributed by atoms with van der Waals surface area (Å²) in [4.78, 5) is 17.3. The Bertz CT molecular complexity index is 767. The number of nitrogens with zero attached hydrogens (tertiary/aromatic N) is 3. The number of likely N-dealkylation sites (tertiary alicyclic amines) is 1. The lowest BCUT2D eigenvalue weighted by molar-refractivity contribution is -0.105. The van der Waals surface area contributed by atoms with Gasteiger partial charge in [-0.1, -0.05) is 0 Å². The minimum Gasteiger partial charge on any atom is -0.465 e. The summed E-state index contributed by atoms with van der Waals surface area (Å²) in [5.74, 6) is 0. The Hall–Kier alpha value is -1.84. The molecule has 2 aliphatic rings. The molecule has 0 saturated carbocycles. The van der Waals surface area contributed by atoms with Gasteiger partial charge >= 0.3 is 6.09 Å². The van der Waals surface area contributed by atoms with Crippen LogP contribution in [-0.2, 0) is 14.6 Å². The molecule has 0 aliphatic carbocycles. The Balaban J connectivity index is 1.46. The summed E-state index contributed by atoms with van der Waals surface area (Å²) < 4.78 is 29.3. The maximum absolute atomic E-state index is 11.6. The molecule has 0 aromatic heterocycles. The number of benzene rings is 1. The van der Waals surface area contributed by atoms with Crippen molar-refractivity contribution in [2.24, 2.45) is 0 Å². The Labute approximate surface area is 166 Å². The molecule has 0 spiro atoms. The fourth-order valence-corrected chi connectivity index (χ4v) is 4.43. The molecule has 1 N–H and O–H groups in total. The molecule has 1 unspecified atom stereocenters. The van der Waals surface area contributed by atoms with Crippen molar-refractivity contribution in [1.82, 2.24) is 9.80 Å². The van der Waals surface area contributed by atoms with Gasteiger partial charge in [0, 0.05) is 51.2 Å². The van der Waals surface area contributed by atoms with Gasteiger partial charge in [-0.25, -0.2) is 13.2 Å². The Morgan fingerprint density at radius 2 is 1.64 bits per heavy atom. The van der Waals surface area contributed by atoms with Crippen molar-refractivity contribution in [1.29, 1.82) is 0 Å². The van der Waals surface area contributed by atoms with E-state index in [0.29, 0.717) is 18.0 Å². The molecule has 2 fully saturated rings. The fourth-order valence-electron chi connectivity index (χ4n) is 3.80. The van der Waals surface area contributed by atoms with Crippen LogP contribution in [0.3, 0.4) is 0 Å². The third-order valence-corrected chi connectivity index (χ3v) is 6.69. The van der Waals surface area contributed by atoms with E-state index in [0.717, 1.165) is 44.7 Å². The van der Waals surface area contributed by atoms with Gasteiger partial charge in [0.25, 0.3) is 0 Å². The van der Waals surface area contributed by atoms with Crippen molar-refractivity contribution >= 4 is 21.6 Å². The molecule has 28 heavy (non-hydrogen) atoms. The van der Waals surface area contributed by atoms with Crippen LogP contribution < -0.4 is 4.90 Å². The minimum absolute atomic E-state index is 0.00358. The molecule has 1 aromatic carbocycles. The maximum Gasteiger partial charge on any atom is 0.407 e. The van der Waals surface area contributed by atoms with Crippen LogP contribution in [0.2, 0.25) is 0 Å². The van der Waals surface area contributed by atoms with Crippen LogP contribution >= 0.6 is 0 Å². The summed E-state index contributed by atoms with van der Waals surface area (Å²) in [5.41, 5.74) is 1.03. The molecule has 1 aromatic rings. The van der Waals surface area contributed by atoms with Crippen molar-refractivity contribution in [3.63, 3.8) is 0 Å². The SMILES string of the molecule is CC(OC1CCN(C(=O)O)CC1)N1CCN(c2ccc(S(C)(=O)=O)cc2)CC1. The van der Waals surface area contributed by atoms with Gasteiger partial charge in [-0.3, -0.25) is 4.90 Å². The van der Waals surface area contributed by atoms with Crippen molar-refractivity contribution < 1.29 is 23.1 Å². The second kappa shape index (κ2) is 8.67. The summed E-state index contributed by atoms with van der Waals surface area (Å²) in [6.45, 7) is 6.55. The number of hydrogen-bond donors (Lipinski definition) is 1. The number of rotatable bonds is 5. The van der Waals surface area contributed by atoms with Crippen LogP contribution in [0.5, 0.6) is 0 Å². The molecule has 2 heterocycles. The van der Waals surface area contributed by atoms with Crippen molar-refractivity contribution in [2.45, 2.75) is 37.0 Å². The van der Waals surface area contributed by atoms with E-state index in [4.69, 9.17) is 9.84 Å². The van der Waals surface area contributed by atoms with Gasteiger partial charge in [-0.05, 0) is 44.0 Å². The number of carboxylic acid groups (broad SMARTS) is 1. The smallest absolute Gasteiger partial charge is 0.407 e. The van der Waals surface area contributed by atoms with Gasteiger partial charge in [-0.15, -0.1) is 0 Å². The molecular formula is C19H29N3O5S. The fraction of sp³-hybridized carbons (Fsp3) is 0.632. The summed E-state index contributed by atoms with van der Waals surface area (Å²) in [5, 5.41) is 9.03. The highest BCUT2D eigenvalue weighted by Gasteiger charge is 2.27. The summed E-state index contributed by atoms with van der Waals surface area (Å²) in [6.07, 6.45) is 1.94. The molecule has 1 amide bonds. The predicted octanol–water partition coefficient (Wildman–Crippen LogP) is 1.72. The van der Waals surface area contributed by atoms with E-state index in [9.17, 15) is 13.2 Å². The highest BCUT2D eigenvalue weighted by molar-refractivity contribution is 7.90. The first-order valence-electron chi connectivity index (χ1n) is 9.66. The number of piperazine rings is 1. The number of ether oxygens (including phenoxy) is 1. The van der Waals surface area contributed by atoms with E-state index in [1.807, 2.05) is 12.1 Å². The summed E-state index contributed by atoms with van der Waals surface area (Å²) in [7, 11) is -3.17. The molecule has 0 radical (unpaired) electrons. The van der Waals surface area contributed by atoms with Crippen molar-refractivity contribution in [2.75, 3.05) is 50.4 Å². The highest BCUT2D eigenvalue weighted by atomic mass is 32.2.